The van der Waals surface area contributed by atoms with Gasteiger partial charge in [0.05, 0.1) is 0 Å². The Labute approximate surface area is 117 Å². The highest BCUT2D eigenvalue weighted by molar-refractivity contribution is 6.04. The summed E-state index contributed by atoms with van der Waals surface area (Å²) in [5.74, 6) is 0.717. The largest absolute Gasteiger partial charge is 0.294 e. The summed E-state index contributed by atoms with van der Waals surface area (Å²) in [5, 5.41) is 0. The van der Waals surface area contributed by atoms with E-state index in [0.29, 0.717) is 12.8 Å². The van der Waals surface area contributed by atoms with Gasteiger partial charge in [-0.1, -0.05) is 48.5 Å². The van der Waals surface area contributed by atoms with E-state index in [1.54, 1.807) is 0 Å². The molecule has 98 valence electrons. The molecule has 0 N–H and O–H groups in total. The molecule has 2 heteroatoms. The molecule has 0 aliphatic heterocycles. The molecule has 0 radical (unpaired) electrons. The van der Waals surface area contributed by atoms with Gasteiger partial charge in [0.15, 0.2) is 11.6 Å². The van der Waals surface area contributed by atoms with Crippen LogP contribution in [0.15, 0.2) is 48.5 Å². The van der Waals surface area contributed by atoms with E-state index in [2.05, 4.69) is 0 Å². The molecule has 2 nitrogen and oxygen atoms in total. The number of carbonyl (C=O) groups is 2. The molecule has 2 aliphatic carbocycles. The molecule has 2 atom stereocenters. The Balaban J connectivity index is 1.92. The van der Waals surface area contributed by atoms with Crippen molar-refractivity contribution in [2.24, 2.45) is 0 Å². The number of hydrogen-bond acceptors (Lipinski definition) is 2. The first kappa shape index (κ1) is 11.6. The standard InChI is InChI=1S/C18H14O2/c19-17-10-16-12-6-2-4-8-14(12)18(20)9-15(16)11-5-1-3-7-13(11)17/h1-8,15-16H,9-10H2/t15-,16-/m0/s1. The van der Waals surface area contributed by atoms with Crippen LogP contribution in [-0.2, 0) is 0 Å². The summed E-state index contributed by atoms with van der Waals surface area (Å²) in [6.45, 7) is 0. The van der Waals surface area contributed by atoms with Crippen LogP contribution in [0.3, 0.4) is 0 Å². The molecule has 0 aromatic heterocycles. The molecule has 0 bridgehead atoms. The van der Waals surface area contributed by atoms with Gasteiger partial charge in [-0.3, -0.25) is 9.59 Å². The van der Waals surface area contributed by atoms with Crippen LogP contribution in [0.5, 0.6) is 0 Å². The highest BCUT2D eigenvalue weighted by atomic mass is 16.1. The van der Waals surface area contributed by atoms with Gasteiger partial charge in [0.1, 0.15) is 0 Å². The summed E-state index contributed by atoms with van der Waals surface area (Å²) in [4.78, 5) is 24.7. The second-order valence-corrected chi connectivity index (χ2v) is 5.64. The summed E-state index contributed by atoms with van der Waals surface area (Å²) in [5.41, 5.74) is 3.72. The van der Waals surface area contributed by atoms with Crippen molar-refractivity contribution in [3.63, 3.8) is 0 Å². The molecule has 0 unspecified atom stereocenters. The minimum absolute atomic E-state index is 0.159. The van der Waals surface area contributed by atoms with Gasteiger partial charge in [0.25, 0.3) is 0 Å². The summed E-state index contributed by atoms with van der Waals surface area (Å²) in [6.07, 6.45) is 1.04. The summed E-state index contributed by atoms with van der Waals surface area (Å²) < 4.78 is 0. The Morgan fingerprint density at radius 3 is 1.50 bits per heavy atom. The van der Waals surface area contributed by atoms with Crippen LogP contribution in [0.1, 0.15) is 56.5 Å². The fraction of sp³-hybridized carbons (Fsp3) is 0.222. The molecule has 0 saturated carbocycles. The van der Waals surface area contributed by atoms with Gasteiger partial charge >= 0.3 is 0 Å². The molecule has 0 heterocycles. The van der Waals surface area contributed by atoms with Crippen LogP contribution in [0.25, 0.3) is 0 Å². The Morgan fingerprint density at radius 1 is 0.650 bits per heavy atom. The maximum absolute atomic E-state index is 12.3. The van der Waals surface area contributed by atoms with Gasteiger partial charge < -0.3 is 0 Å². The lowest BCUT2D eigenvalue weighted by Crippen LogP contribution is -2.30. The Kier molecular flexibility index (Phi) is 2.40. The number of benzene rings is 2. The van der Waals surface area contributed by atoms with E-state index in [-0.39, 0.29) is 23.4 Å². The molecule has 0 fully saturated rings. The highest BCUT2D eigenvalue weighted by Gasteiger charge is 2.40. The van der Waals surface area contributed by atoms with E-state index in [1.165, 1.54) is 0 Å². The van der Waals surface area contributed by atoms with Gasteiger partial charge in [-0.2, -0.15) is 0 Å². The minimum Gasteiger partial charge on any atom is -0.294 e. The van der Waals surface area contributed by atoms with Crippen molar-refractivity contribution < 1.29 is 9.59 Å². The molecule has 2 aliphatic rings. The Morgan fingerprint density at radius 2 is 1.05 bits per heavy atom. The molecule has 0 saturated heterocycles. The molecule has 4 rings (SSSR count). The lowest BCUT2D eigenvalue weighted by atomic mass is 9.65. The number of rotatable bonds is 0. The van der Waals surface area contributed by atoms with Crippen LogP contribution in [0, 0.1) is 0 Å². The quantitative estimate of drug-likeness (QED) is 0.725. The van der Waals surface area contributed by atoms with E-state index in [1.807, 2.05) is 48.5 Å². The molecule has 2 aromatic carbocycles. The third-order valence-corrected chi connectivity index (χ3v) is 4.62. The number of hydrogen-bond donors (Lipinski definition) is 0. The summed E-state index contributed by atoms with van der Waals surface area (Å²) in [6, 6.07) is 15.5. The van der Waals surface area contributed by atoms with Crippen LogP contribution < -0.4 is 0 Å². The average molecular weight is 262 g/mol. The molecule has 20 heavy (non-hydrogen) atoms. The van der Waals surface area contributed by atoms with Gasteiger partial charge in [-0.25, -0.2) is 0 Å². The predicted molar refractivity (Wildman–Crippen MR) is 76.3 cm³/mol. The molecular formula is C18H14O2. The number of Topliss-reactive ketones (excluding diaryl/α,β-unsaturated/α-hetero) is 2. The summed E-state index contributed by atoms with van der Waals surface area (Å²) in [7, 11) is 0. The lowest BCUT2D eigenvalue weighted by molar-refractivity contribution is 0.0904. The third-order valence-electron chi connectivity index (χ3n) is 4.62. The zero-order chi connectivity index (χ0) is 13.7. The second-order valence-electron chi connectivity index (χ2n) is 5.64. The zero-order valence-electron chi connectivity index (χ0n) is 11.0. The summed E-state index contributed by atoms with van der Waals surface area (Å²) >= 11 is 0. The van der Waals surface area contributed by atoms with Crippen molar-refractivity contribution in [1.29, 1.82) is 0 Å². The van der Waals surface area contributed by atoms with E-state index >= 15 is 0 Å². The van der Waals surface area contributed by atoms with Crippen molar-refractivity contribution in [3.8, 4) is 0 Å². The van der Waals surface area contributed by atoms with E-state index < -0.39 is 0 Å². The maximum atomic E-state index is 12.3. The average Bonchev–Trinajstić information content (AvgIpc) is 2.49. The monoisotopic (exact) mass is 262 g/mol. The topological polar surface area (TPSA) is 34.1 Å². The van der Waals surface area contributed by atoms with Crippen molar-refractivity contribution in [2.75, 3.05) is 0 Å². The SMILES string of the molecule is O=C1C[C@H]2c3ccccc3C(=O)C[C@H]2c2ccccc21. The Bertz CT molecular complexity index is 666. The highest BCUT2D eigenvalue weighted by Crippen LogP contribution is 2.48. The fourth-order valence-corrected chi connectivity index (χ4v) is 3.71. The predicted octanol–water partition coefficient (Wildman–Crippen LogP) is 3.73. The molecular weight excluding hydrogens is 248 g/mol. The van der Waals surface area contributed by atoms with E-state index in [9.17, 15) is 9.59 Å². The van der Waals surface area contributed by atoms with Crippen molar-refractivity contribution in [2.45, 2.75) is 24.7 Å². The smallest absolute Gasteiger partial charge is 0.163 e. The first-order valence-electron chi connectivity index (χ1n) is 7.00. The van der Waals surface area contributed by atoms with Crippen molar-refractivity contribution >= 4 is 11.6 Å². The van der Waals surface area contributed by atoms with Crippen LogP contribution >= 0.6 is 0 Å². The number of fused-ring (bicyclic) bond motifs is 5. The van der Waals surface area contributed by atoms with Gasteiger partial charge in [-0.15, -0.1) is 0 Å². The van der Waals surface area contributed by atoms with Gasteiger partial charge in [-0.05, 0) is 23.0 Å². The first-order valence-corrected chi connectivity index (χ1v) is 7.00. The van der Waals surface area contributed by atoms with Crippen molar-refractivity contribution in [1.82, 2.24) is 0 Å². The third kappa shape index (κ3) is 1.51. The molecule has 2 aromatic rings. The first-order chi connectivity index (χ1) is 9.75. The Hall–Kier alpha value is -2.22. The van der Waals surface area contributed by atoms with Crippen LogP contribution in [-0.4, -0.2) is 11.6 Å². The fourth-order valence-electron chi connectivity index (χ4n) is 3.71. The molecule has 0 amide bonds. The van der Waals surface area contributed by atoms with Crippen molar-refractivity contribution in [3.05, 3.63) is 70.8 Å². The zero-order valence-corrected chi connectivity index (χ0v) is 11.0. The number of carbonyl (C=O) groups excluding carboxylic acids is 2. The number of ketones is 2. The minimum atomic E-state index is 0.159. The second kappa shape index (κ2) is 4.14. The van der Waals surface area contributed by atoms with Crippen LogP contribution in [0.2, 0.25) is 0 Å². The lowest BCUT2D eigenvalue weighted by Gasteiger charge is -2.37. The van der Waals surface area contributed by atoms with E-state index in [0.717, 1.165) is 22.3 Å². The normalized spacial score (nSPS) is 23.8. The van der Waals surface area contributed by atoms with Gasteiger partial charge in [0, 0.05) is 24.0 Å². The van der Waals surface area contributed by atoms with Gasteiger partial charge in [0.2, 0.25) is 0 Å². The molecule has 0 spiro atoms. The maximum Gasteiger partial charge on any atom is 0.163 e. The van der Waals surface area contributed by atoms with Crippen LogP contribution in [0.4, 0.5) is 0 Å². The van der Waals surface area contributed by atoms with E-state index in [4.69, 9.17) is 0 Å².